The van der Waals surface area contributed by atoms with E-state index in [-0.39, 0.29) is 12.0 Å². The zero-order valence-corrected chi connectivity index (χ0v) is 13.4. The monoisotopic (exact) mass is 287 g/mol. The van der Waals surface area contributed by atoms with Gasteiger partial charge in [0, 0.05) is 12.5 Å². The number of carbonyl (C=O) groups excluding carboxylic acids is 1. The van der Waals surface area contributed by atoms with Crippen LogP contribution in [-0.2, 0) is 14.3 Å². The van der Waals surface area contributed by atoms with Crippen molar-refractivity contribution in [2.75, 3.05) is 0 Å². The minimum absolute atomic E-state index is 0.151. The number of hydrogen-bond acceptors (Lipinski definition) is 4. The van der Waals surface area contributed by atoms with Crippen LogP contribution >= 0.6 is 0 Å². The maximum Gasteiger partial charge on any atom is 0.320 e. The fourth-order valence-corrected chi connectivity index (χ4v) is 1.87. The molecule has 2 N–H and O–H groups in total. The number of hydrogen-bond donors (Lipinski definition) is 2. The Bertz CT molecular complexity index is 307. The van der Waals surface area contributed by atoms with Gasteiger partial charge in [0.05, 0.1) is 0 Å². The first-order valence-corrected chi connectivity index (χ1v) is 7.32. The van der Waals surface area contributed by atoms with Gasteiger partial charge in [-0.2, -0.15) is 0 Å². The Labute approximate surface area is 122 Å². The van der Waals surface area contributed by atoms with E-state index in [0.29, 0.717) is 12.8 Å². The molecule has 0 fully saturated rings. The highest BCUT2D eigenvalue weighted by Crippen LogP contribution is 2.12. The predicted octanol–water partition coefficient (Wildman–Crippen LogP) is 2.73. The highest BCUT2D eigenvalue weighted by atomic mass is 16.6. The van der Waals surface area contributed by atoms with Crippen LogP contribution in [0.1, 0.15) is 66.7 Å². The van der Waals surface area contributed by atoms with Crippen molar-refractivity contribution in [2.45, 2.75) is 84.4 Å². The highest BCUT2D eigenvalue weighted by molar-refractivity contribution is 5.73. The van der Waals surface area contributed by atoms with Crippen LogP contribution in [-0.4, -0.2) is 34.7 Å². The van der Waals surface area contributed by atoms with Crippen molar-refractivity contribution in [1.82, 2.24) is 5.32 Å². The van der Waals surface area contributed by atoms with Crippen LogP contribution in [0, 0.1) is 0 Å². The maximum atomic E-state index is 11.5. The summed E-state index contributed by atoms with van der Waals surface area (Å²) in [4.78, 5) is 22.5. The molecule has 118 valence electrons. The van der Waals surface area contributed by atoms with Crippen LogP contribution in [0.3, 0.4) is 0 Å². The maximum absolute atomic E-state index is 11.5. The molecule has 0 aromatic rings. The van der Waals surface area contributed by atoms with Crippen LogP contribution in [0.25, 0.3) is 0 Å². The molecule has 0 aliphatic carbocycles. The van der Waals surface area contributed by atoms with Crippen LogP contribution in [0.15, 0.2) is 0 Å². The molecule has 0 saturated carbocycles. The summed E-state index contributed by atoms with van der Waals surface area (Å²) in [7, 11) is 0. The van der Waals surface area contributed by atoms with E-state index >= 15 is 0 Å². The average Bonchev–Trinajstić information content (AvgIpc) is 2.23. The van der Waals surface area contributed by atoms with Gasteiger partial charge in [0.2, 0.25) is 0 Å². The Morgan fingerprint density at radius 2 is 1.75 bits per heavy atom. The number of rotatable bonds is 9. The van der Waals surface area contributed by atoms with Crippen LogP contribution in [0.4, 0.5) is 0 Å². The quantitative estimate of drug-likeness (QED) is 0.504. The molecule has 0 heterocycles. The van der Waals surface area contributed by atoms with Crippen molar-refractivity contribution < 1.29 is 19.4 Å². The van der Waals surface area contributed by atoms with Gasteiger partial charge in [-0.1, -0.05) is 26.7 Å². The molecular weight excluding hydrogens is 258 g/mol. The molecule has 0 aliphatic rings. The third-order valence-corrected chi connectivity index (χ3v) is 2.63. The number of carboxylic acids is 1. The second-order valence-electron chi connectivity index (χ2n) is 6.40. The van der Waals surface area contributed by atoms with E-state index in [9.17, 15) is 9.59 Å². The molecule has 0 aromatic heterocycles. The number of aliphatic carboxylic acids is 1. The van der Waals surface area contributed by atoms with Crippen molar-refractivity contribution in [1.29, 1.82) is 0 Å². The van der Waals surface area contributed by atoms with Gasteiger partial charge in [0.15, 0.2) is 0 Å². The lowest BCUT2D eigenvalue weighted by Gasteiger charge is -2.19. The van der Waals surface area contributed by atoms with Gasteiger partial charge in [-0.3, -0.25) is 9.59 Å². The standard InChI is InChI=1S/C15H29NO4/c1-11(2)16-12(14(18)19)9-7-6-8-10-13(17)20-15(3,4)5/h11-12,16H,6-10H2,1-5H3,(H,18,19). The lowest BCUT2D eigenvalue weighted by atomic mass is 10.1. The molecular formula is C15H29NO4. The summed E-state index contributed by atoms with van der Waals surface area (Å²) in [5.41, 5.74) is -0.438. The molecule has 0 aliphatic heterocycles. The minimum Gasteiger partial charge on any atom is -0.480 e. The number of nitrogens with one attached hydrogen (secondary N) is 1. The Morgan fingerprint density at radius 1 is 1.15 bits per heavy atom. The van der Waals surface area contributed by atoms with Gasteiger partial charge in [0.1, 0.15) is 11.6 Å². The van der Waals surface area contributed by atoms with Crippen molar-refractivity contribution in [3.8, 4) is 0 Å². The van der Waals surface area contributed by atoms with Gasteiger partial charge < -0.3 is 15.2 Å². The van der Waals surface area contributed by atoms with E-state index in [2.05, 4.69) is 5.32 Å². The minimum atomic E-state index is -0.814. The molecule has 0 amide bonds. The number of carbonyl (C=O) groups is 2. The SMILES string of the molecule is CC(C)NC(CCCCCC(=O)OC(C)(C)C)C(=O)O. The zero-order valence-electron chi connectivity index (χ0n) is 13.4. The first-order chi connectivity index (χ1) is 9.11. The summed E-state index contributed by atoms with van der Waals surface area (Å²) >= 11 is 0. The molecule has 5 nitrogen and oxygen atoms in total. The fourth-order valence-electron chi connectivity index (χ4n) is 1.87. The summed E-state index contributed by atoms with van der Waals surface area (Å²) in [6.07, 6.45) is 3.35. The molecule has 1 unspecified atom stereocenters. The second-order valence-corrected chi connectivity index (χ2v) is 6.40. The van der Waals surface area contributed by atoms with Crippen LogP contribution in [0.5, 0.6) is 0 Å². The van der Waals surface area contributed by atoms with Gasteiger partial charge in [-0.25, -0.2) is 0 Å². The largest absolute Gasteiger partial charge is 0.480 e. The third kappa shape index (κ3) is 10.8. The van der Waals surface area contributed by atoms with E-state index < -0.39 is 17.6 Å². The Kier molecular flexibility index (Phi) is 8.46. The van der Waals surface area contributed by atoms with E-state index in [1.807, 2.05) is 34.6 Å². The molecule has 0 aromatic carbocycles. The lowest BCUT2D eigenvalue weighted by Crippen LogP contribution is -2.40. The summed E-state index contributed by atoms with van der Waals surface area (Å²) in [6.45, 7) is 9.40. The Morgan fingerprint density at radius 3 is 2.20 bits per heavy atom. The highest BCUT2D eigenvalue weighted by Gasteiger charge is 2.18. The van der Waals surface area contributed by atoms with Gasteiger partial charge in [0.25, 0.3) is 0 Å². The number of unbranched alkanes of at least 4 members (excludes halogenated alkanes) is 2. The summed E-state index contributed by atoms with van der Waals surface area (Å²) in [5, 5.41) is 12.1. The molecule has 0 bridgehead atoms. The number of ether oxygens (including phenoxy) is 1. The Balaban J connectivity index is 3.79. The number of esters is 1. The van der Waals surface area contributed by atoms with Crippen molar-refractivity contribution >= 4 is 11.9 Å². The summed E-state index contributed by atoms with van der Waals surface area (Å²) < 4.78 is 5.21. The van der Waals surface area contributed by atoms with Crippen LogP contribution in [0.2, 0.25) is 0 Å². The first kappa shape index (κ1) is 18.9. The molecule has 0 radical (unpaired) electrons. The molecule has 0 spiro atoms. The van der Waals surface area contributed by atoms with E-state index in [1.165, 1.54) is 0 Å². The molecule has 20 heavy (non-hydrogen) atoms. The van der Waals surface area contributed by atoms with E-state index in [4.69, 9.17) is 9.84 Å². The van der Waals surface area contributed by atoms with Crippen molar-refractivity contribution in [2.24, 2.45) is 0 Å². The fraction of sp³-hybridized carbons (Fsp3) is 0.867. The molecule has 0 saturated heterocycles. The normalized spacial score (nSPS) is 13.3. The smallest absolute Gasteiger partial charge is 0.320 e. The molecule has 0 rings (SSSR count). The van der Waals surface area contributed by atoms with Gasteiger partial charge in [-0.05, 0) is 33.6 Å². The predicted molar refractivity (Wildman–Crippen MR) is 78.6 cm³/mol. The topological polar surface area (TPSA) is 75.6 Å². The third-order valence-electron chi connectivity index (χ3n) is 2.63. The van der Waals surface area contributed by atoms with E-state index in [0.717, 1.165) is 19.3 Å². The van der Waals surface area contributed by atoms with E-state index in [1.54, 1.807) is 0 Å². The molecule has 1 atom stereocenters. The van der Waals surface area contributed by atoms with Crippen molar-refractivity contribution in [3.05, 3.63) is 0 Å². The summed E-state index contributed by atoms with van der Waals surface area (Å²) in [6, 6.07) is -0.352. The van der Waals surface area contributed by atoms with Gasteiger partial charge >= 0.3 is 11.9 Å². The lowest BCUT2D eigenvalue weighted by molar-refractivity contribution is -0.155. The molecule has 5 heteroatoms. The van der Waals surface area contributed by atoms with Crippen molar-refractivity contribution in [3.63, 3.8) is 0 Å². The zero-order chi connectivity index (χ0) is 15.8. The first-order valence-electron chi connectivity index (χ1n) is 7.32. The van der Waals surface area contributed by atoms with Gasteiger partial charge in [-0.15, -0.1) is 0 Å². The number of carboxylic acid groups (broad SMARTS) is 1. The van der Waals surface area contributed by atoms with Crippen LogP contribution < -0.4 is 5.32 Å². The Hall–Kier alpha value is -1.10. The second kappa shape index (κ2) is 8.95. The summed E-state index contributed by atoms with van der Waals surface area (Å²) in [5.74, 6) is -1.00. The average molecular weight is 287 g/mol.